The Hall–Kier alpha value is -1.29. The van der Waals surface area contributed by atoms with Gasteiger partial charge in [0.15, 0.2) is 0 Å². The molecular formula is C11H10BrNO2. The second-order valence-electron chi connectivity index (χ2n) is 3.11. The van der Waals surface area contributed by atoms with Gasteiger partial charge in [-0.25, -0.2) is 4.79 Å². The first-order valence-corrected chi connectivity index (χ1v) is 5.45. The first-order valence-electron chi connectivity index (χ1n) is 4.66. The van der Waals surface area contributed by atoms with E-state index in [1.165, 1.54) is 0 Å². The quantitative estimate of drug-likeness (QED) is 0.850. The fraction of sp³-hybridized carbons (Fsp3) is 0.182. The van der Waals surface area contributed by atoms with Crippen molar-refractivity contribution in [3.63, 3.8) is 0 Å². The number of halogens is 1. The van der Waals surface area contributed by atoms with Crippen LogP contribution in [-0.4, -0.2) is 17.6 Å². The van der Waals surface area contributed by atoms with E-state index in [0.29, 0.717) is 12.2 Å². The molecule has 3 nitrogen and oxygen atoms in total. The van der Waals surface area contributed by atoms with Gasteiger partial charge < -0.3 is 9.72 Å². The van der Waals surface area contributed by atoms with E-state index >= 15 is 0 Å². The number of aromatic amines is 1. The van der Waals surface area contributed by atoms with Crippen molar-refractivity contribution in [3.05, 3.63) is 34.4 Å². The van der Waals surface area contributed by atoms with Crippen molar-refractivity contribution < 1.29 is 9.53 Å². The van der Waals surface area contributed by atoms with Crippen LogP contribution < -0.4 is 0 Å². The lowest BCUT2D eigenvalue weighted by Gasteiger charge is -2.04. The third kappa shape index (κ3) is 1.90. The molecule has 0 radical (unpaired) electrons. The number of carbonyl (C=O) groups is 1. The maximum Gasteiger partial charge on any atom is 0.338 e. The second kappa shape index (κ2) is 4.06. The SMILES string of the molecule is CCOC(=O)c1cc(Br)cc2[nH]ccc12. The summed E-state index contributed by atoms with van der Waals surface area (Å²) in [6.45, 7) is 2.18. The predicted molar refractivity (Wildman–Crippen MR) is 62.0 cm³/mol. The van der Waals surface area contributed by atoms with Gasteiger partial charge in [0, 0.05) is 21.6 Å². The highest BCUT2D eigenvalue weighted by Gasteiger charge is 2.12. The lowest BCUT2D eigenvalue weighted by molar-refractivity contribution is 0.0528. The summed E-state index contributed by atoms with van der Waals surface area (Å²) in [5.41, 5.74) is 1.51. The molecule has 0 bridgehead atoms. The fourth-order valence-electron chi connectivity index (χ4n) is 1.51. The van der Waals surface area contributed by atoms with Crippen molar-refractivity contribution in [3.8, 4) is 0 Å². The van der Waals surface area contributed by atoms with Gasteiger partial charge in [-0.15, -0.1) is 0 Å². The number of aromatic nitrogens is 1. The molecule has 1 heterocycles. The molecule has 1 aromatic heterocycles. The Morgan fingerprint density at radius 3 is 3.07 bits per heavy atom. The molecule has 0 amide bonds. The summed E-state index contributed by atoms with van der Waals surface area (Å²) in [6.07, 6.45) is 1.81. The van der Waals surface area contributed by atoms with Crippen LogP contribution in [0.1, 0.15) is 17.3 Å². The third-order valence-electron chi connectivity index (χ3n) is 2.13. The molecule has 0 atom stereocenters. The highest BCUT2D eigenvalue weighted by Crippen LogP contribution is 2.24. The molecule has 0 saturated heterocycles. The molecule has 2 aromatic rings. The number of nitrogens with one attached hydrogen (secondary N) is 1. The van der Waals surface area contributed by atoms with E-state index in [0.717, 1.165) is 15.4 Å². The normalized spacial score (nSPS) is 10.5. The molecule has 0 unspecified atom stereocenters. The van der Waals surface area contributed by atoms with Crippen LogP contribution in [0.2, 0.25) is 0 Å². The van der Waals surface area contributed by atoms with Gasteiger partial charge in [0.25, 0.3) is 0 Å². The average Bonchev–Trinajstić information content (AvgIpc) is 2.64. The molecule has 15 heavy (non-hydrogen) atoms. The summed E-state index contributed by atoms with van der Waals surface area (Å²) in [6, 6.07) is 5.57. The monoisotopic (exact) mass is 267 g/mol. The van der Waals surface area contributed by atoms with E-state index in [1.807, 2.05) is 12.1 Å². The van der Waals surface area contributed by atoms with Crippen LogP contribution >= 0.6 is 15.9 Å². The molecule has 1 aromatic carbocycles. The van der Waals surface area contributed by atoms with Gasteiger partial charge in [-0.1, -0.05) is 15.9 Å². The van der Waals surface area contributed by atoms with E-state index in [4.69, 9.17) is 4.74 Å². The predicted octanol–water partition coefficient (Wildman–Crippen LogP) is 3.11. The van der Waals surface area contributed by atoms with Crippen LogP contribution in [0.5, 0.6) is 0 Å². The minimum absolute atomic E-state index is 0.289. The molecule has 0 saturated carbocycles. The number of fused-ring (bicyclic) bond motifs is 1. The zero-order chi connectivity index (χ0) is 10.8. The maximum atomic E-state index is 11.7. The molecule has 4 heteroatoms. The van der Waals surface area contributed by atoms with Crippen molar-refractivity contribution in [1.29, 1.82) is 0 Å². The van der Waals surface area contributed by atoms with E-state index in [2.05, 4.69) is 20.9 Å². The van der Waals surface area contributed by atoms with E-state index in [9.17, 15) is 4.79 Å². The Morgan fingerprint density at radius 1 is 1.53 bits per heavy atom. The van der Waals surface area contributed by atoms with Crippen molar-refractivity contribution in [1.82, 2.24) is 4.98 Å². The molecular weight excluding hydrogens is 258 g/mol. The van der Waals surface area contributed by atoms with Gasteiger partial charge in [-0.05, 0) is 25.1 Å². The van der Waals surface area contributed by atoms with Crippen molar-refractivity contribution in [2.45, 2.75) is 6.92 Å². The number of H-pyrrole nitrogens is 1. The van der Waals surface area contributed by atoms with Gasteiger partial charge in [0.2, 0.25) is 0 Å². The summed E-state index contributed by atoms with van der Waals surface area (Å²) < 4.78 is 5.85. The molecule has 1 N–H and O–H groups in total. The van der Waals surface area contributed by atoms with Crippen molar-refractivity contribution >= 4 is 32.8 Å². The lowest BCUT2D eigenvalue weighted by Crippen LogP contribution is -2.04. The Balaban J connectivity index is 2.57. The van der Waals surface area contributed by atoms with Crippen LogP contribution in [0.4, 0.5) is 0 Å². The molecule has 0 aliphatic rings. The summed E-state index contributed by atoms with van der Waals surface area (Å²) in [7, 11) is 0. The van der Waals surface area contributed by atoms with Crippen LogP contribution in [0.25, 0.3) is 10.9 Å². The average molecular weight is 268 g/mol. The molecule has 2 rings (SSSR count). The Kier molecular flexibility index (Phi) is 2.77. The Bertz CT molecular complexity index is 504. The van der Waals surface area contributed by atoms with E-state index in [1.54, 1.807) is 19.2 Å². The van der Waals surface area contributed by atoms with Crippen LogP contribution in [0.3, 0.4) is 0 Å². The van der Waals surface area contributed by atoms with E-state index < -0.39 is 0 Å². The minimum Gasteiger partial charge on any atom is -0.462 e. The fourth-order valence-corrected chi connectivity index (χ4v) is 1.97. The number of ether oxygens (including phenoxy) is 1. The minimum atomic E-state index is -0.289. The second-order valence-corrected chi connectivity index (χ2v) is 4.03. The molecule has 78 valence electrons. The van der Waals surface area contributed by atoms with Gasteiger partial charge in [-0.2, -0.15) is 0 Å². The van der Waals surface area contributed by atoms with Gasteiger partial charge in [-0.3, -0.25) is 0 Å². The Labute approximate surface area is 95.6 Å². The summed E-state index contributed by atoms with van der Waals surface area (Å²) >= 11 is 3.36. The third-order valence-corrected chi connectivity index (χ3v) is 2.59. The standard InChI is InChI=1S/C11H10BrNO2/c1-2-15-11(14)9-5-7(12)6-10-8(9)3-4-13-10/h3-6,13H,2H2,1H3. The first-order chi connectivity index (χ1) is 7.22. The zero-order valence-electron chi connectivity index (χ0n) is 8.21. The maximum absolute atomic E-state index is 11.7. The van der Waals surface area contributed by atoms with Gasteiger partial charge >= 0.3 is 5.97 Å². The first kappa shape index (κ1) is 10.2. The molecule has 0 aliphatic heterocycles. The largest absolute Gasteiger partial charge is 0.462 e. The number of hydrogen-bond acceptors (Lipinski definition) is 2. The van der Waals surface area contributed by atoms with Crippen LogP contribution in [-0.2, 0) is 4.74 Å². The summed E-state index contributed by atoms with van der Waals surface area (Å²) in [4.78, 5) is 14.7. The molecule has 0 spiro atoms. The van der Waals surface area contributed by atoms with Gasteiger partial charge in [0.05, 0.1) is 12.2 Å². The number of benzene rings is 1. The lowest BCUT2D eigenvalue weighted by atomic mass is 10.1. The highest BCUT2D eigenvalue weighted by molar-refractivity contribution is 9.10. The number of rotatable bonds is 2. The van der Waals surface area contributed by atoms with Crippen molar-refractivity contribution in [2.24, 2.45) is 0 Å². The molecule has 0 aliphatic carbocycles. The van der Waals surface area contributed by atoms with Crippen LogP contribution in [0.15, 0.2) is 28.9 Å². The van der Waals surface area contributed by atoms with E-state index in [-0.39, 0.29) is 5.97 Å². The smallest absolute Gasteiger partial charge is 0.338 e. The summed E-state index contributed by atoms with van der Waals surface area (Å²) in [5.74, 6) is -0.289. The highest BCUT2D eigenvalue weighted by atomic mass is 79.9. The van der Waals surface area contributed by atoms with Crippen molar-refractivity contribution in [2.75, 3.05) is 6.61 Å². The Morgan fingerprint density at radius 2 is 2.33 bits per heavy atom. The van der Waals surface area contributed by atoms with Gasteiger partial charge in [0.1, 0.15) is 0 Å². The summed E-state index contributed by atoms with van der Waals surface area (Å²) in [5, 5.41) is 0.886. The zero-order valence-corrected chi connectivity index (χ0v) is 9.80. The molecule has 0 fully saturated rings. The number of hydrogen-bond donors (Lipinski definition) is 1. The topological polar surface area (TPSA) is 42.1 Å². The number of carbonyl (C=O) groups excluding carboxylic acids is 1. The number of esters is 1. The van der Waals surface area contributed by atoms with Crippen LogP contribution in [0, 0.1) is 0 Å².